The van der Waals surface area contributed by atoms with Crippen molar-refractivity contribution in [2.45, 2.75) is 4.90 Å². The van der Waals surface area contributed by atoms with E-state index < -0.39 is 0 Å². The molecular formula is C14H13NOS. The second-order valence-electron chi connectivity index (χ2n) is 3.94. The molecule has 1 aliphatic heterocycles. The molecule has 0 atom stereocenters. The third-order valence-electron chi connectivity index (χ3n) is 2.87. The van der Waals surface area contributed by atoms with Crippen molar-refractivity contribution in [2.75, 3.05) is 17.5 Å². The van der Waals surface area contributed by atoms with Crippen molar-refractivity contribution in [3.63, 3.8) is 0 Å². The molecule has 0 fully saturated rings. The third-order valence-corrected chi connectivity index (χ3v) is 3.97. The third kappa shape index (κ3) is 1.81. The Balaban J connectivity index is 2.01. The van der Waals surface area contributed by atoms with Crippen molar-refractivity contribution in [3.8, 4) is 0 Å². The molecule has 0 saturated carbocycles. The van der Waals surface area contributed by atoms with E-state index in [1.54, 1.807) is 18.0 Å². The Hall–Kier alpha value is -1.45. The summed E-state index contributed by atoms with van der Waals surface area (Å²) in [6, 6.07) is 12.8. The standard InChI is InChI=1S/C14H13NOS/c16-10-2-1-9-15-12-7-3-5-11-6-4-8-13(17-15)14(11)12/h1-8,16H,9-10H2/b2-1-. The lowest BCUT2D eigenvalue weighted by molar-refractivity contribution is 0.342. The summed E-state index contributed by atoms with van der Waals surface area (Å²) in [6.07, 6.45) is 3.78. The maximum Gasteiger partial charge on any atom is 0.0613 e. The minimum Gasteiger partial charge on any atom is -0.392 e. The molecule has 1 aliphatic rings. The number of nitrogens with zero attached hydrogens (tertiary/aromatic N) is 1. The summed E-state index contributed by atoms with van der Waals surface area (Å²) in [7, 11) is 0. The van der Waals surface area contributed by atoms with Gasteiger partial charge in [-0.15, -0.1) is 0 Å². The molecule has 0 aromatic heterocycles. The van der Waals surface area contributed by atoms with Gasteiger partial charge in [0.15, 0.2) is 0 Å². The smallest absolute Gasteiger partial charge is 0.0613 e. The van der Waals surface area contributed by atoms with Crippen LogP contribution in [0.1, 0.15) is 0 Å². The monoisotopic (exact) mass is 243 g/mol. The van der Waals surface area contributed by atoms with Crippen molar-refractivity contribution in [1.29, 1.82) is 0 Å². The molecule has 0 bridgehead atoms. The van der Waals surface area contributed by atoms with Crippen LogP contribution in [-0.4, -0.2) is 18.3 Å². The summed E-state index contributed by atoms with van der Waals surface area (Å²) in [5, 5.41) is 11.4. The number of anilines is 1. The number of hydrogen-bond donors (Lipinski definition) is 1. The van der Waals surface area contributed by atoms with Crippen LogP contribution in [0.4, 0.5) is 5.69 Å². The highest BCUT2D eigenvalue weighted by atomic mass is 32.2. The van der Waals surface area contributed by atoms with Crippen LogP contribution in [0.25, 0.3) is 10.8 Å². The Labute approximate surface area is 105 Å². The van der Waals surface area contributed by atoms with Gasteiger partial charge in [-0.2, -0.15) is 0 Å². The Kier molecular flexibility index (Phi) is 2.79. The summed E-state index contributed by atoms with van der Waals surface area (Å²) in [5.41, 5.74) is 1.27. The quantitative estimate of drug-likeness (QED) is 0.661. The average molecular weight is 243 g/mol. The zero-order valence-corrected chi connectivity index (χ0v) is 10.2. The van der Waals surface area contributed by atoms with E-state index >= 15 is 0 Å². The van der Waals surface area contributed by atoms with Gasteiger partial charge in [0.05, 0.1) is 12.3 Å². The number of rotatable bonds is 3. The number of aliphatic hydroxyl groups is 1. The predicted molar refractivity (Wildman–Crippen MR) is 73.4 cm³/mol. The summed E-state index contributed by atoms with van der Waals surface area (Å²) in [5.74, 6) is 0. The molecule has 0 aliphatic carbocycles. The summed E-state index contributed by atoms with van der Waals surface area (Å²) in [6.45, 7) is 0.925. The zero-order valence-electron chi connectivity index (χ0n) is 9.34. The van der Waals surface area contributed by atoms with Gasteiger partial charge in [-0.25, -0.2) is 0 Å². The normalized spacial score (nSPS) is 14.1. The van der Waals surface area contributed by atoms with Crippen LogP contribution in [0, 0.1) is 0 Å². The van der Waals surface area contributed by atoms with E-state index in [9.17, 15) is 0 Å². The largest absolute Gasteiger partial charge is 0.392 e. The topological polar surface area (TPSA) is 23.5 Å². The molecular weight excluding hydrogens is 230 g/mol. The molecule has 0 radical (unpaired) electrons. The van der Waals surface area contributed by atoms with Crippen molar-refractivity contribution in [3.05, 3.63) is 48.6 Å². The maximum absolute atomic E-state index is 8.75. The fourth-order valence-electron chi connectivity index (χ4n) is 2.12. The van der Waals surface area contributed by atoms with Crippen molar-refractivity contribution < 1.29 is 5.11 Å². The van der Waals surface area contributed by atoms with E-state index in [-0.39, 0.29) is 6.61 Å². The van der Waals surface area contributed by atoms with Gasteiger partial charge >= 0.3 is 0 Å². The molecule has 3 rings (SSSR count). The van der Waals surface area contributed by atoms with Crippen molar-refractivity contribution in [2.24, 2.45) is 0 Å². The first-order chi connectivity index (χ1) is 8.40. The van der Waals surface area contributed by atoms with E-state index in [0.717, 1.165) is 6.54 Å². The van der Waals surface area contributed by atoms with Crippen LogP contribution in [0.2, 0.25) is 0 Å². The highest BCUT2D eigenvalue weighted by Crippen LogP contribution is 2.45. The van der Waals surface area contributed by atoms with E-state index in [2.05, 4.69) is 40.7 Å². The highest BCUT2D eigenvalue weighted by Gasteiger charge is 2.20. The highest BCUT2D eigenvalue weighted by molar-refractivity contribution is 8.01. The van der Waals surface area contributed by atoms with E-state index in [4.69, 9.17) is 5.11 Å². The van der Waals surface area contributed by atoms with Gasteiger partial charge in [-0.05, 0) is 29.5 Å². The fourth-order valence-corrected chi connectivity index (χ4v) is 3.22. The first-order valence-electron chi connectivity index (χ1n) is 5.63. The number of aliphatic hydroxyl groups excluding tert-OH is 1. The minimum absolute atomic E-state index is 0.107. The lowest BCUT2D eigenvalue weighted by atomic mass is 10.1. The van der Waals surface area contributed by atoms with Gasteiger partial charge < -0.3 is 9.41 Å². The van der Waals surface area contributed by atoms with Crippen LogP contribution >= 0.6 is 11.9 Å². The second-order valence-corrected chi connectivity index (χ2v) is 5.00. The van der Waals surface area contributed by atoms with Gasteiger partial charge in [0.25, 0.3) is 0 Å². The van der Waals surface area contributed by atoms with E-state index in [0.29, 0.717) is 0 Å². The summed E-state index contributed by atoms with van der Waals surface area (Å²) >= 11 is 1.77. The zero-order chi connectivity index (χ0) is 11.7. The molecule has 1 heterocycles. The van der Waals surface area contributed by atoms with Crippen molar-refractivity contribution >= 4 is 28.4 Å². The molecule has 1 N–H and O–H groups in total. The molecule has 86 valence electrons. The van der Waals surface area contributed by atoms with Crippen LogP contribution in [0.5, 0.6) is 0 Å². The van der Waals surface area contributed by atoms with Gasteiger partial charge in [0.2, 0.25) is 0 Å². The van der Waals surface area contributed by atoms with Crippen LogP contribution < -0.4 is 4.31 Å². The Bertz CT molecular complexity index is 574. The van der Waals surface area contributed by atoms with E-state index in [1.807, 2.05) is 6.08 Å². The summed E-state index contributed by atoms with van der Waals surface area (Å²) < 4.78 is 2.25. The molecule has 2 nitrogen and oxygen atoms in total. The Morgan fingerprint density at radius 3 is 2.76 bits per heavy atom. The van der Waals surface area contributed by atoms with Crippen molar-refractivity contribution in [1.82, 2.24) is 0 Å². The van der Waals surface area contributed by atoms with E-state index in [1.165, 1.54) is 21.4 Å². The summed E-state index contributed by atoms with van der Waals surface area (Å²) in [4.78, 5) is 1.32. The predicted octanol–water partition coefficient (Wildman–Crippen LogP) is 3.22. The lowest BCUT2D eigenvalue weighted by Gasteiger charge is -2.15. The molecule has 0 spiro atoms. The molecule has 2 aromatic rings. The maximum atomic E-state index is 8.75. The van der Waals surface area contributed by atoms with Gasteiger partial charge in [-0.1, -0.05) is 36.4 Å². The molecule has 0 saturated heterocycles. The molecule has 0 unspecified atom stereocenters. The Morgan fingerprint density at radius 1 is 1.12 bits per heavy atom. The van der Waals surface area contributed by atoms with Gasteiger partial charge in [0, 0.05) is 16.8 Å². The SMILES string of the molecule is OC/C=C\CN1Sc2cccc3cccc1c23. The number of hydrogen-bond acceptors (Lipinski definition) is 3. The van der Waals surface area contributed by atoms with Gasteiger partial charge in [-0.3, -0.25) is 0 Å². The Morgan fingerprint density at radius 2 is 1.94 bits per heavy atom. The fraction of sp³-hybridized carbons (Fsp3) is 0.143. The first-order valence-corrected chi connectivity index (χ1v) is 6.40. The minimum atomic E-state index is 0.107. The number of benzene rings is 2. The average Bonchev–Trinajstić information content (AvgIpc) is 2.71. The molecule has 17 heavy (non-hydrogen) atoms. The molecule has 2 aromatic carbocycles. The van der Waals surface area contributed by atoms with Gasteiger partial charge in [0.1, 0.15) is 0 Å². The second kappa shape index (κ2) is 4.43. The molecule has 0 amide bonds. The van der Waals surface area contributed by atoms with Crippen LogP contribution in [0.15, 0.2) is 53.4 Å². The molecule has 3 heteroatoms. The van der Waals surface area contributed by atoms with Crippen LogP contribution in [0.3, 0.4) is 0 Å². The first kappa shape index (κ1) is 10.7. The van der Waals surface area contributed by atoms with Crippen LogP contribution in [-0.2, 0) is 0 Å². The lowest BCUT2D eigenvalue weighted by Crippen LogP contribution is -2.10.